The van der Waals surface area contributed by atoms with Crippen LogP contribution in [0.25, 0.3) is 0 Å². The zero-order valence-corrected chi connectivity index (χ0v) is 21.3. The summed E-state index contributed by atoms with van der Waals surface area (Å²) >= 11 is 0. The van der Waals surface area contributed by atoms with Crippen LogP contribution in [0, 0.1) is 0 Å². The quantitative estimate of drug-likeness (QED) is 0.304. The Hall–Kier alpha value is -0.870. The Bertz CT molecular complexity index is 742. The van der Waals surface area contributed by atoms with E-state index in [1.54, 1.807) is 0 Å². The molecule has 166 valence electrons. The van der Waals surface area contributed by atoms with E-state index in [0.29, 0.717) is 6.54 Å². The van der Waals surface area contributed by atoms with Crippen LogP contribution >= 0.6 is 24.0 Å². The first-order valence-electron chi connectivity index (χ1n) is 10.2. The Morgan fingerprint density at radius 2 is 1.66 bits per heavy atom. The molecule has 29 heavy (non-hydrogen) atoms. The molecule has 0 saturated carbocycles. The molecule has 1 saturated heterocycles. The minimum Gasteiger partial charge on any atom is -0.357 e. The molecule has 0 spiro atoms. The number of hydrogen-bond donors (Lipinski definition) is 2. The monoisotopic (exact) mass is 536 g/mol. The molecular weight excluding hydrogens is 499 g/mol. The highest BCUT2D eigenvalue weighted by Crippen LogP contribution is 2.19. The van der Waals surface area contributed by atoms with Crippen LogP contribution < -0.4 is 10.6 Å². The summed E-state index contributed by atoms with van der Waals surface area (Å²) in [6, 6.07) is 7.63. The second-order valence-electron chi connectivity index (χ2n) is 8.30. The van der Waals surface area contributed by atoms with Crippen molar-refractivity contribution in [1.82, 2.24) is 15.5 Å². The number of benzene rings is 1. The summed E-state index contributed by atoms with van der Waals surface area (Å²) in [5.74, 6) is 0.888. The molecule has 0 radical (unpaired) electrons. The molecule has 0 amide bonds. The lowest BCUT2D eigenvalue weighted by atomic mass is 9.98. The highest BCUT2D eigenvalue weighted by molar-refractivity contribution is 14.0. The molecule has 1 aromatic rings. The number of aliphatic imine (C=N–C) groups is 1. The van der Waals surface area contributed by atoms with E-state index in [1.807, 2.05) is 24.3 Å². The minimum absolute atomic E-state index is 0. The number of halogens is 1. The van der Waals surface area contributed by atoms with Crippen molar-refractivity contribution >= 4 is 39.8 Å². The van der Waals surface area contributed by atoms with Crippen molar-refractivity contribution in [2.45, 2.75) is 57.9 Å². The Labute approximate surface area is 193 Å². The molecule has 2 rings (SSSR count). The number of hydrogen-bond acceptors (Lipinski definition) is 4. The largest absolute Gasteiger partial charge is 0.357 e. The molecule has 0 atom stereocenters. The Morgan fingerprint density at radius 1 is 1.07 bits per heavy atom. The van der Waals surface area contributed by atoms with Crippen LogP contribution in [0.2, 0.25) is 0 Å². The highest BCUT2D eigenvalue weighted by atomic mass is 127. The molecule has 1 heterocycles. The molecule has 6 nitrogen and oxygen atoms in total. The van der Waals surface area contributed by atoms with Gasteiger partial charge in [0.05, 0.1) is 12.3 Å². The van der Waals surface area contributed by atoms with Crippen molar-refractivity contribution in [3.05, 3.63) is 35.4 Å². The third-order valence-corrected chi connectivity index (χ3v) is 5.97. The number of nitrogens with zero attached hydrogens (tertiary/aromatic N) is 2. The van der Waals surface area contributed by atoms with Crippen LogP contribution in [0.3, 0.4) is 0 Å². The average molecular weight is 537 g/mol. The Balaban J connectivity index is 0.00000420. The molecule has 2 N–H and O–H groups in total. The maximum atomic E-state index is 11.4. The summed E-state index contributed by atoms with van der Waals surface area (Å²) in [6.07, 6.45) is 5.16. The van der Waals surface area contributed by atoms with E-state index in [-0.39, 0.29) is 35.3 Å². The van der Waals surface area contributed by atoms with Gasteiger partial charge < -0.3 is 10.6 Å². The molecule has 0 aromatic heterocycles. The van der Waals surface area contributed by atoms with E-state index >= 15 is 0 Å². The molecule has 0 aliphatic carbocycles. The second kappa shape index (κ2) is 12.1. The van der Waals surface area contributed by atoms with E-state index < -0.39 is 9.84 Å². The number of guanidine groups is 1. The number of rotatable bonds is 8. The molecule has 0 bridgehead atoms. The number of sulfone groups is 1. The van der Waals surface area contributed by atoms with Gasteiger partial charge in [-0.1, -0.05) is 30.7 Å². The molecule has 1 aliphatic heterocycles. The van der Waals surface area contributed by atoms with Crippen LogP contribution in [0.1, 0.15) is 51.2 Å². The fourth-order valence-corrected chi connectivity index (χ4v) is 4.26. The van der Waals surface area contributed by atoms with Crippen molar-refractivity contribution in [2.24, 2.45) is 4.99 Å². The van der Waals surface area contributed by atoms with Crippen molar-refractivity contribution in [2.75, 3.05) is 32.4 Å². The fourth-order valence-electron chi connectivity index (χ4n) is 3.47. The van der Waals surface area contributed by atoms with Crippen molar-refractivity contribution in [3.63, 3.8) is 0 Å². The average Bonchev–Trinajstić information content (AvgIpc) is 2.65. The molecule has 0 unspecified atom stereocenters. The lowest BCUT2D eigenvalue weighted by molar-refractivity contribution is 0.0982. The molecule has 8 heteroatoms. The van der Waals surface area contributed by atoms with Gasteiger partial charge in [-0.2, -0.15) is 0 Å². The SMILES string of the molecule is CCNC(=NCc1ccc(CS(C)(=O)=O)cc1)NCC(C)(C)N1CCCCC1.I. The summed E-state index contributed by atoms with van der Waals surface area (Å²) in [5, 5.41) is 6.80. The Morgan fingerprint density at radius 3 is 2.21 bits per heavy atom. The van der Waals surface area contributed by atoms with Gasteiger partial charge in [-0.3, -0.25) is 4.90 Å². The Kier molecular flexibility index (Phi) is 10.9. The summed E-state index contributed by atoms with van der Waals surface area (Å²) in [6.45, 7) is 11.2. The lowest BCUT2D eigenvalue weighted by Crippen LogP contribution is -2.54. The summed E-state index contributed by atoms with van der Waals surface area (Å²) in [7, 11) is -3.01. The van der Waals surface area contributed by atoms with E-state index in [4.69, 9.17) is 4.99 Å². The summed E-state index contributed by atoms with van der Waals surface area (Å²) in [4.78, 5) is 7.26. The molecular formula is C21H37IN4O2S. The van der Waals surface area contributed by atoms with Crippen molar-refractivity contribution in [1.29, 1.82) is 0 Å². The van der Waals surface area contributed by atoms with Gasteiger partial charge in [-0.25, -0.2) is 13.4 Å². The first-order valence-corrected chi connectivity index (χ1v) is 12.3. The predicted octanol–water partition coefficient (Wildman–Crippen LogP) is 3.17. The molecule has 1 aliphatic rings. The van der Waals surface area contributed by atoms with Gasteiger partial charge in [0.25, 0.3) is 0 Å². The molecule has 1 aromatic carbocycles. The lowest BCUT2D eigenvalue weighted by Gasteiger charge is -2.41. The number of nitrogens with one attached hydrogen (secondary N) is 2. The van der Waals surface area contributed by atoms with E-state index in [9.17, 15) is 8.42 Å². The van der Waals surface area contributed by atoms with Gasteiger partial charge in [0, 0.05) is 24.9 Å². The van der Waals surface area contributed by atoms with Gasteiger partial charge in [0.1, 0.15) is 0 Å². The third kappa shape index (κ3) is 9.65. The van der Waals surface area contributed by atoms with Crippen molar-refractivity contribution in [3.8, 4) is 0 Å². The topological polar surface area (TPSA) is 73.8 Å². The van der Waals surface area contributed by atoms with Gasteiger partial charge >= 0.3 is 0 Å². The summed E-state index contributed by atoms with van der Waals surface area (Å²) < 4.78 is 22.8. The third-order valence-electron chi connectivity index (χ3n) is 5.12. The second-order valence-corrected chi connectivity index (χ2v) is 10.4. The summed E-state index contributed by atoms with van der Waals surface area (Å²) in [5.41, 5.74) is 1.96. The highest BCUT2D eigenvalue weighted by Gasteiger charge is 2.27. The van der Waals surface area contributed by atoms with Gasteiger partial charge in [0.15, 0.2) is 15.8 Å². The van der Waals surface area contributed by atoms with E-state index in [2.05, 4.69) is 36.3 Å². The first kappa shape index (κ1) is 26.2. The minimum atomic E-state index is -3.01. The van der Waals surface area contributed by atoms with Gasteiger partial charge in [-0.15, -0.1) is 24.0 Å². The predicted molar refractivity (Wildman–Crippen MR) is 133 cm³/mol. The van der Waals surface area contributed by atoms with Crippen LogP contribution in [0.15, 0.2) is 29.3 Å². The van der Waals surface area contributed by atoms with Gasteiger partial charge in [-0.05, 0) is 57.8 Å². The van der Waals surface area contributed by atoms with Crippen LogP contribution in [-0.2, 0) is 22.1 Å². The number of piperidine rings is 1. The van der Waals surface area contributed by atoms with E-state index in [1.165, 1.54) is 38.6 Å². The van der Waals surface area contributed by atoms with Crippen LogP contribution in [-0.4, -0.2) is 57.3 Å². The first-order chi connectivity index (χ1) is 13.2. The maximum Gasteiger partial charge on any atom is 0.191 e. The smallest absolute Gasteiger partial charge is 0.191 e. The maximum absolute atomic E-state index is 11.4. The fraction of sp³-hybridized carbons (Fsp3) is 0.667. The number of likely N-dealkylation sites (tertiary alicyclic amines) is 1. The van der Waals surface area contributed by atoms with Crippen LogP contribution in [0.5, 0.6) is 0 Å². The standard InChI is InChI=1S/C21H36N4O2S.HI/c1-5-22-20(24-17-21(2,3)25-13-7-6-8-14-25)23-15-18-9-11-19(12-10-18)16-28(4,26)27;/h9-12H,5-8,13-17H2,1-4H3,(H2,22,23,24);1H. The van der Waals surface area contributed by atoms with Crippen LogP contribution in [0.4, 0.5) is 0 Å². The zero-order valence-electron chi connectivity index (χ0n) is 18.2. The normalized spacial score (nSPS) is 16.2. The van der Waals surface area contributed by atoms with Gasteiger partial charge in [0.2, 0.25) is 0 Å². The zero-order chi connectivity index (χ0) is 20.6. The molecule has 1 fully saturated rings. The van der Waals surface area contributed by atoms with E-state index in [0.717, 1.165) is 30.2 Å². The van der Waals surface area contributed by atoms with Crippen molar-refractivity contribution < 1.29 is 8.42 Å².